The van der Waals surface area contributed by atoms with Crippen molar-refractivity contribution in [2.45, 2.75) is 43.3 Å². The maximum atomic E-state index is 12.8. The Hall–Kier alpha value is -0.760. The fraction of sp³-hybridized carbons (Fsp3) is 0.929. The molecule has 4 fully saturated rings. The zero-order chi connectivity index (χ0) is 15.8. The summed E-state index contributed by atoms with van der Waals surface area (Å²) in [6.07, 6.45) is 1.61. The quantitative estimate of drug-likeness (QED) is 0.775. The first-order chi connectivity index (χ1) is 10.2. The van der Waals surface area contributed by atoms with Crippen molar-refractivity contribution >= 4 is 15.9 Å². The van der Waals surface area contributed by atoms with Gasteiger partial charge >= 0.3 is 0 Å². The van der Waals surface area contributed by atoms with Crippen LogP contribution in [0.25, 0.3) is 0 Å². The molecule has 1 spiro atoms. The molecule has 2 saturated heterocycles. The third kappa shape index (κ3) is 2.26. The molecule has 2 heterocycles. The minimum Gasteiger partial charge on any atom is -0.341 e. The molecule has 0 aromatic rings. The van der Waals surface area contributed by atoms with Gasteiger partial charge in [-0.15, -0.1) is 0 Å². The lowest BCUT2D eigenvalue weighted by molar-refractivity contribution is -0.169. The summed E-state index contributed by atoms with van der Waals surface area (Å²) in [4.78, 5) is 13.7. The van der Waals surface area contributed by atoms with Gasteiger partial charge in [0.05, 0.1) is 5.25 Å². The number of halogens is 2. The Kier molecular flexibility index (Phi) is 2.97. The Labute approximate surface area is 128 Å². The van der Waals surface area contributed by atoms with Crippen molar-refractivity contribution in [3.05, 3.63) is 0 Å². The molecule has 22 heavy (non-hydrogen) atoms. The van der Waals surface area contributed by atoms with E-state index in [1.807, 2.05) is 0 Å². The number of hydrogen-bond donors (Lipinski definition) is 0. The topological polar surface area (TPSA) is 57.7 Å². The van der Waals surface area contributed by atoms with Crippen LogP contribution >= 0.6 is 0 Å². The van der Waals surface area contributed by atoms with Gasteiger partial charge in [-0.05, 0) is 19.3 Å². The molecular formula is C14H20F2N2O3S. The van der Waals surface area contributed by atoms with E-state index in [1.165, 1.54) is 0 Å². The first kappa shape index (κ1) is 14.8. The highest BCUT2D eigenvalue weighted by Crippen LogP contribution is 2.47. The van der Waals surface area contributed by atoms with Crippen molar-refractivity contribution in [1.29, 1.82) is 0 Å². The van der Waals surface area contributed by atoms with E-state index in [2.05, 4.69) is 0 Å². The lowest BCUT2D eigenvalue weighted by Crippen LogP contribution is -2.62. The number of sulfonamides is 1. The normalized spacial score (nSPS) is 31.1. The third-order valence-electron chi connectivity index (χ3n) is 5.51. The van der Waals surface area contributed by atoms with Crippen LogP contribution in [0.2, 0.25) is 0 Å². The van der Waals surface area contributed by atoms with Crippen molar-refractivity contribution in [1.82, 2.24) is 9.21 Å². The minimum absolute atomic E-state index is 0.135. The number of carbonyl (C=O) groups is 1. The largest absolute Gasteiger partial charge is 0.341 e. The summed E-state index contributed by atoms with van der Waals surface area (Å²) in [7, 11) is -3.14. The van der Waals surface area contributed by atoms with Crippen LogP contribution in [0.1, 0.15) is 32.1 Å². The van der Waals surface area contributed by atoms with E-state index in [0.29, 0.717) is 26.2 Å². The Morgan fingerprint density at radius 3 is 2.27 bits per heavy atom. The molecule has 0 bridgehead atoms. The highest BCUT2D eigenvalue weighted by atomic mass is 32.2. The second kappa shape index (κ2) is 4.41. The van der Waals surface area contributed by atoms with Crippen LogP contribution in [0.4, 0.5) is 8.78 Å². The number of nitrogens with zero attached hydrogens (tertiary/aromatic N) is 2. The standard InChI is InChI=1S/C14H20F2N2O3S/c15-14(16)5-10(6-14)12(19)17-7-13(8-17)3-4-18(9-13)22(20,21)11-1-2-11/h10-11H,1-9H2. The first-order valence-corrected chi connectivity index (χ1v) is 9.37. The fourth-order valence-corrected chi connectivity index (χ4v) is 5.91. The summed E-state index contributed by atoms with van der Waals surface area (Å²) in [5.74, 6) is -3.40. The molecule has 8 heteroatoms. The summed E-state index contributed by atoms with van der Waals surface area (Å²) >= 11 is 0. The predicted molar refractivity (Wildman–Crippen MR) is 74.8 cm³/mol. The van der Waals surface area contributed by atoms with Gasteiger partial charge in [0.1, 0.15) is 0 Å². The highest BCUT2D eigenvalue weighted by Gasteiger charge is 2.56. The van der Waals surface area contributed by atoms with Gasteiger partial charge < -0.3 is 4.90 Å². The molecule has 0 radical (unpaired) electrons. The molecule has 4 rings (SSSR count). The van der Waals surface area contributed by atoms with Crippen LogP contribution in [0.15, 0.2) is 0 Å². The second-order valence-corrected chi connectivity index (χ2v) is 9.70. The average molecular weight is 334 g/mol. The smallest absolute Gasteiger partial charge is 0.249 e. The lowest BCUT2D eigenvalue weighted by Gasteiger charge is -2.50. The van der Waals surface area contributed by atoms with Gasteiger partial charge in [-0.25, -0.2) is 21.5 Å². The predicted octanol–water partition coefficient (Wildman–Crippen LogP) is 1.06. The van der Waals surface area contributed by atoms with E-state index in [1.54, 1.807) is 9.21 Å². The summed E-state index contributed by atoms with van der Waals surface area (Å²) < 4.78 is 51.7. The highest BCUT2D eigenvalue weighted by molar-refractivity contribution is 7.90. The molecule has 5 nitrogen and oxygen atoms in total. The second-order valence-electron chi connectivity index (χ2n) is 7.48. The van der Waals surface area contributed by atoms with Gasteiger partial charge in [-0.1, -0.05) is 0 Å². The van der Waals surface area contributed by atoms with E-state index in [9.17, 15) is 22.0 Å². The van der Waals surface area contributed by atoms with E-state index < -0.39 is 21.9 Å². The zero-order valence-corrected chi connectivity index (χ0v) is 13.1. The maximum Gasteiger partial charge on any atom is 0.249 e. The van der Waals surface area contributed by atoms with Crippen LogP contribution in [0.5, 0.6) is 0 Å². The van der Waals surface area contributed by atoms with Gasteiger partial charge in [-0.2, -0.15) is 0 Å². The fourth-order valence-electron chi connectivity index (χ4n) is 3.96. The number of hydrogen-bond acceptors (Lipinski definition) is 3. The lowest BCUT2D eigenvalue weighted by atomic mass is 9.75. The van der Waals surface area contributed by atoms with E-state index in [4.69, 9.17) is 0 Å². The van der Waals surface area contributed by atoms with Gasteiger partial charge in [0, 0.05) is 50.4 Å². The molecule has 2 saturated carbocycles. The molecule has 2 aliphatic heterocycles. The van der Waals surface area contributed by atoms with E-state index >= 15 is 0 Å². The number of amides is 1. The van der Waals surface area contributed by atoms with Crippen molar-refractivity contribution in [3.8, 4) is 0 Å². The summed E-state index contributed by atoms with van der Waals surface area (Å²) in [5.41, 5.74) is -0.135. The summed E-state index contributed by atoms with van der Waals surface area (Å²) in [6.45, 7) is 2.05. The molecule has 124 valence electrons. The average Bonchev–Trinajstić information content (AvgIpc) is 3.12. The Balaban J connectivity index is 1.33. The first-order valence-electron chi connectivity index (χ1n) is 7.87. The maximum absolute atomic E-state index is 12.8. The molecule has 0 N–H and O–H groups in total. The van der Waals surface area contributed by atoms with E-state index in [-0.39, 0.29) is 29.4 Å². The Morgan fingerprint density at radius 1 is 1.09 bits per heavy atom. The summed E-state index contributed by atoms with van der Waals surface area (Å²) in [6, 6.07) is 0. The number of rotatable bonds is 3. The van der Waals surface area contributed by atoms with Crippen LogP contribution in [-0.4, -0.2) is 60.9 Å². The van der Waals surface area contributed by atoms with Crippen LogP contribution in [-0.2, 0) is 14.8 Å². The molecule has 0 unspecified atom stereocenters. The SMILES string of the molecule is O=C(C1CC(F)(F)C1)N1CC2(CCN(S(=O)(=O)C3CC3)C2)C1. The Morgan fingerprint density at radius 2 is 1.73 bits per heavy atom. The zero-order valence-electron chi connectivity index (χ0n) is 12.3. The molecule has 2 aliphatic carbocycles. The van der Waals surface area contributed by atoms with Crippen LogP contribution < -0.4 is 0 Å². The Bertz CT molecular complexity index is 604. The monoisotopic (exact) mass is 334 g/mol. The minimum atomic E-state index is -3.14. The number of carbonyl (C=O) groups excluding carboxylic acids is 1. The summed E-state index contributed by atoms with van der Waals surface area (Å²) in [5, 5.41) is -0.197. The van der Waals surface area contributed by atoms with Crippen molar-refractivity contribution in [3.63, 3.8) is 0 Å². The van der Waals surface area contributed by atoms with Gasteiger partial charge in [0.15, 0.2) is 0 Å². The van der Waals surface area contributed by atoms with Crippen molar-refractivity contribution in [2.75, 3.05) is 26.2 Å². The molecule has 0 atom stereocenters. The molecular weight excluding hydrogens is 314 g/mol. The van der Waals surface area contributed by atoms with E-state index in [0.717, 1.165) is 19.3 Å². The van der Waals surface area contributed by atoms with Crippen molar-refractivity contribution in [2.24, 2.45) is 11.3 Å². The van der Waals surface area contributed by atoms with Gasteiger partial charge in [0.25, 0.3) is 0 Å². The third-order valence-corrected chi connectivity index (χ3v) is 7.86. The number of alkyl halides is 2. The van der Waals surface area contributed by atoms with Crippen molar-refractivity contribution < 1.29 is 22.0 Å². The number of likely N-dealkylation sites (tertiary alicyclic amines) is 1. The molecule has 0 aromatic heterocycles. The van der Waals surface area contributed by atoms with Gasteiger partial charge in [-0.3, -0.25) is 4.79 Å². The molecule has 1 amide bonds. The van der Waals surface area contributed by atoms with Crippen LogP contribution in [0, 0.1) is 11.3 Å². The molecule has 0 aromatic carbocycles. The van der Waals surface area contributed by atoms with Gasteiger partial charge in [0.2, 0.25) is 21.9 Å². The van der Waals surface area contributed by atoms with Crippen LogP contribution in [0.3, 0.4) is 0 Å². The molecule has 4 aliphatic rings.